The molecule has 88 valence electrons. The molecule has 0 amide bonds. The van der Waals surface area contributed by atoms with E-state index in [-0.39, 0.29) is 11.3 Å². The second-order valence-electron chi connectivity index (χ2n) is 3.60. The van der Waals surface area contributed by atoms with E-state index < -0.39 is 0 Å². The Bertz CT molecular complexity index is 412. The zero-order valence-corrected chi connectivity index (χ0v) is 9.60. The van der Waals surface area contributed by atoms with Crippen molar-refractivity contribution in [1.82, 2.24) is 9.78 Å². The molecule has 0 N–H and O–H groups in total. The van der Waals surface area contributed by atoms with Crippen molar-refractivity contribution in [3.8, 4) is 5.88 Å². The predicted molar refractivity (Wildman–Crippen MR) is 59.6 cm³/mol. The van der Waals surface area contributed by atoms with E-state index in [1.165, 1.54) is 23.9 Å². The lowest BCUT2D eigenvalue weighted by Gasteiger charge is -2.05. The summed E-state index contributed by atoms with van der Waals surface area (Å²) in [6, 6.07) is 2.96. The molecule has 0 saturated heterocycles. The topological polar surface area (TPSA) is 61.2 Å². The molecule has 1 aromatic heterocycles. The zero-order valence-electron chi connectivity index (χ0n) is 9.60. The number of unbranched alkanes of at least 4 members (excludes halogenated alkanes) is 1. The van der Waals surface area contributed by atoms with Gasteiger partial charge in [0.05, 0.1) is 7.11 Å². The highest BCUT2D eigenvalue weighted by Crippen LogP contribution is 2.02. The van der Waals surface area contributed by atoms with Gasteiger partial charge >= 0.3 is 0 Å². The van der Waals surface area contributed by atoms with Gasteiger partial charge in [0.15, 0.2) is 0 Å². The van der Waals surface area contributed by atoms with E-state index in [2.05, 4.69) is 5.10 Å². The minimum atomic E-state index is -0.149. The highest BCUT2D eigenvalue weighted by molar-refractivity contribution is 5.75. The van der Waals surface area contributed by atoms with E-state index in [0.29, 0.717) is 18.8 Å². The smallest absolute Gasteiger partial charge is 0.266 e. The number of aromatic nitrogens is 2. The molecule has 0 aliphatic heterocycles. The zero-order chi connectivity index (χ0) is 12.0. The van der Waals surface area contributed by atoms with Gasteiger partial charge in [0.25, 0.3) is 5.56 Å². The molecule has 1 heterocycles. The summed E-state index contributed by atoms with van der Waals surface area (Å²) in [4.78, 5) is 22.1. The van der Waals surface area contributed by atoms with Crippen LogP contribution in [0.5, 0.6) is 5.88 Å². The van der Waals surface area contributed by atoms with E-state index in [0.717, 1.165) is 12.8 Å². The fourth-order valence-corrected chi connectivity index (χ4v) is 1.33. The maximum absolute atomic E-state index is 11.4. The van der Waals surface area contributed by atoms with Crippen molar-refractivity contribution in [1.29, 1.82) is 0 Å². The lowest BCUT2D eigenvalue weighted by atomic mass is 10.2. The summed E-state index contributed by atoms with van der Waals surface area (Å²) in [7, 11) is 1.51. The van der Waals surface area contributed by atoms with Crippen LogP contribution in [-0.4, -0.2) is 22.7 Å². The van der Waals surface area contributed by atoms with Gasteiger partial charge in [0.1, 0.15) is 5.78 Å². The van der Waals surface area contributed by atoms with Gasteiger partial charge in [-0.15, -0.1) is 5.10 Å². The first-order valence-electron chi connectivity index (χ1n) is 5.25. The van der Waals surface area contributed by atoms with E-state index in [1.807, 2.05) is 0 Å². The predicted octanol–water partition coefficient (Wildman–Crippen LogP) is 1.01. The average Bonchev–Trinajstić information content (AvgIpc) is 2.26. The van der Waals surface area contributed by atoms with Crippen molar-refractivity contribution in [2.24, 2.45) is 0 Å². The van der Waals surface area contributed by atoms with Crippen LogP contribution < -0.4 is 10.3 Å². The van der Waals surface area contributed by atoms with Crippen molar-refractivity contribution < 1.29 is 9.53 Å². The maximum atomic E-state index is 11.4. The van der Waals surface area contributed by atoms with Crippen LogP contribution in [0.25, 0.3) is 0 Å². The average molecular weight is 224 g/mol. The third-order valence-electron chi connectivity index (χ3n) is 2.20. The quantitative estimate of drug-likeness (QED) is 0.676. The Balaban J connectivity index is 2.52. The molecule has 1 aromatic rings. The summed E-state index contributed by atoms with van der Waals surface area (Å²) in [5.41, 5.74) is -0.149. The Kier molecular flexibility index (Phi) is 4.69. The largest absolute Gasteiger partial charge is 0.480 e. The molecular weight excluding hydrogens is 208 g/mol. The van der Waals surface area contributed by atoms with Gasteiger partial charge in [-0.3, -0.25) is 4.79 Å². The first-order valence-corrected chi connectivity index (χ1v) is 5.25. The number of carbonyl (C=O) groups is 1. The number of nitrogens with zero attached hydrogens (tertiary/aromatic N) is 2. The fourth-order valence-electron chi connectivity index (χ4n) is 1.33. The minimum absolute atomic E-state index is 0.149. The number of methoxy groups -OCH3 is 1. The molecule has 0 saturated carbocycles. The molecule has 1 rings (SSSR count). The van der Waals surface area contributed by atoms with Gasteiger partial charge in [0.2, 0.25) is 5.88 Å². The molecular formula is C11H16N2O3. The molecule has 0 aliphatic carbocycles. The summed E-state index contributed by atoms with van der Waals surface area (Å²) in [6.45, 7) is 2.08. The van der Waals surface area contributed by atoms with Crippen LogP contribution in [0.4, 0.5) is 0 Å². The minimum Gasteiger partial charge on any atom is -0.480 e. The number of hydrogen-bond donors (Lipinski definition) is 0. The van der Waals surface area contributed by atoms with Gasteiger partial charge < -0.3 is 9.53 Å². The second-order valence-corrected chi connectivity index (χ2v) is 3.60. The molecule has 0 aliphatic rings. The first kappa shape index (κ1) is 12.4. The lowest BCUT2D eigenvalue weighted by Crippen LogP contribution is -2.22. The van der Waals surface area contributed by atoms with Crippen molar-refractivity contribution in [2.45, 2.75) is 32.7 Å². The molecule has 0 bridgehead atoms. The molecule has 0 aromatic carbocycles. The molecule has 0 atom stereocenters. The van der Waals surface area contributed by atoms with Crippen LogP contribution in [0.2, 0.25) is 0 Å². The van der Waals surface area contributed by atoms with E-state index in [4.69, 9.17) is 4.74 Å². The number of aryl methyl sites for hydroxylation is 1. The van der Waals surface area contributed by atoms with Crippen LogP contribution in [-0.2, 0) is 11.3 Å². The standard InChI is InChI=1S/C11H16N2O3/c1-9(14)5-3-4-8-13-11(15)7-6-10(12-13)16-2/h6-7H,3-5,8H2,1-2H3. The number of rotatable bonds is 6. The van der Waals surface area contributed by atoms with Crippen molar-refractivity contribution in [3.63, 3.8) is 0 Å². The van der Waals surface area contributed by atoms with Crippen LogP contribution in [0, 0.1) is 0 Å². The number of ether oxygens (including phenoxy) is 1. The highest BCUT2D eigenvalue weighted by atomic mass is 16.5. The van der Waals surface area contributed by atoms with E-state index in [9.17, 15) is 9.59 Å². The third-order valence-corrected chi connectivity index (χ3v) is 2.20. The third kappa shape index (κ3) is 3.84. The Labute approximate surface area is 94.0 Å². The SMILES string of the molecule is COc1ccc(=O)n(CCCCC(C)=O)n1. The summed E-state index contributed by atoms with van der Waals surface area (Å²) in [5.74, 6) is 0.595. The molecule has 0 radical (unpaired) electrons. The van der Waals surface area contributed by atoms with Gasteiger partial charge in [-0.05, 0) is 19.8 Å². The number of ketones is 1. The molecule has 16 heavy (non-hydrogen) atoms. The first-order chi connectivity index (χ1) is 7.63. The van der Waals surface area contributed by atoms with Crippen molar-refractivity contribution in [2.75, 3.05) is 7.11 Å². The molecule has 5 nitrogen and oxygen atoms in total. The van der Waals surface area contributed by atoms with Gasteiger partial charge in [0, 0.05) is 25.1 Å². The monoisotopic (exact) mass is 224 g/mol. The normalized spacial score (nSPS) is 10.1. The van der Waals surface area contributed by atoms with Crippen LogP contribution >= 0.6 is 0 Å². The van der Waals surface area contributed by atoms with Crippen LogP contribution in [0.15, 0.2) is 16.9 Å². The summed E-state index contributed by atoms with van der Waals surface area (Å²) in [6.07, 6.45) is 2.10. The van der Waals surface area contributed by atoms with Gasteiger partial charge in [-0.2, -0.15) is 0 Å². The Hall–Kier alpha value is -1.65. The molecule has 0 fully saturated rings. The van der Waals surface area contributed by atoms with Crippen LogP contribution in [0.1, 0.15) is 26.2 Å². The van der Waals surface area contributed by atoms with Crippen molar-refractivity contribution >= 4 is 5.78 Å². The summed E-state index contributed by atoms with van der Waals surface area (Å²) < 4.78 is 6.29. The summed E-state index contributed by atoms with van der Waals surface area (Å²) >= 11 is 0. The number of hydrogen-bond acceptors (Lipinski definition) is 4. The van der Waals surface area contributed by atoms with E-state index in [1.54, 1.807) is 6.92 Å². The maximum Gasteiger partial charge on any atom is 0.266 e. The van der Waals surface area contributed by atoms with E-state index >= 15 is 0 Å². The van der Waals surface area contributed by atoms with Gasteiger partial charge in [-0.1, -0.05) is 0 Å². The molecule has 0 unspecified atom stereocenters. The fraction of sp³-hybridized carbons (Fsp3) is 0.545. The number of carbonyl (C=O) groups excluding carboxylic acids is 1. The second kappa shape index (κ2) is 6.05. The number of Topliss-reactive ketones (excluding diaryl/α,β-unsaturated/α-hetero) is 1. The molecule has 5 heteroatoms. The van der Waals surface area contributed by atoms with Gasteiger partial charge in [-0.25, -0.2) is 4.68 Å². The Morgan fingerprint density at radius 2 is 2.19 bits per heavy atom. The lowest BCUT2D eigenvalue weighted by molar-refractivity contribution is -0.117. The Morgan fingerprint density at radius 1 is 1.44 bits per heavy atom. The van der Waals surface area contributed by atoms with Crippen LogP contribution in [0.3, 0.4) is 0 Å². The summed E-state index contributed by atoms with van der Waals surface area (Å²) in [5, 5.41) is 4.00. The Morgan fingerprint density at radius 3 is 2.81 bits per heavy atom. The highest BCUT2D eigenvalue weighted by Gasteiger charge is 2.00. The van der Waals surface area contributed by atoms with Crippen molar-refractivity contribution in [3.05, 3.63) is 22.5 Å². The molecule has 0 spiro atoms.